The van der Waals surface area contributed by atoms with Crippen LogP contribution in [0.15, 0.2) is 18.2 Å². The fraction of sp³-hybridized carbons (Fsp3) is 0.533. The van der Waals surface area contributed by atoms with Crippen molar-refractivity contribution in [2.75, 3.05) is 5.32 Å². The molecule has 1 aliphatic carbocycles. The molecule has 0 radical (unpaired) electrons. The first-order chi connectivity index (χ1) is 9.58. The Morgan fingerprint density at radius 3 is 2.50 bits per heavy atom. The van der Waals surface area contributed by atoms with Crippen LogP contribution in [0.25, 0.3) is 0 Å². The summed E-state index contributed by atoms with van der Waals surface area (Å²) in [5, 5.41) is 8.29. The van der Waals surface area contributed by atoms with E-state index in [4.69, 9.17) is 35.4 Å². The summed E-state index contributed by atoms with van der Waals surface area (Å²) in [7, 11) is 0. The van der Waals surface area contributed by atoms with Crippen molar-refractivity contribution in [2.45, 2.75) is 45.1 Å². The second-order valence-electron chi connectivity index (χ2n) is 5.35. The molecule has 0 aliphatic heterocycles. The van der Waals surface area contributed by atoms with E-state index in [0.717, 1.165) is 11.6 Å². The molecule has 0 heterocycles. The molecule has 2 rings (SSSR count). The minimum absolute atomic E-state index is 0.487. The Labute approximate surface area is 136 Å². The van der Waals surface area contributed by atoms with E-state index in [2.05, 4.69) is 17.6 Å². The third kappa shape index (κ3) is 4.51. The molecule has 0 unspecified atom stereocenters. The molecule has 0 bridgehead atoms. The fourth-order valence-corrected chi connectivity index (χ4v) is 3.22. The molecule has 0 amide bonds. The quantitative estimate of drug-likeness (QED) is 0.740. The SMILES string of the molecule is CCC1CCC(NC(=S)Nc2ccc(Cl)c(Cl)c2)CC1. The molecule has 5 heteroatoms. The van der Waals surface area contributed by atoms with Gasteiger partial charge in [-0.3, -0.25) is 0 Å². The number of hydrogen-bond donors (Lipinski definition) is 2. The van der Waals surface area contributed by atoms with Gasteiger partial charge < -0.3 is 10.6 Å². The number of rotatable bonds is 3. The van der Waals surface area contributed by atoms with E-state index in [1.807, 2.05) is 6.07 Å². The van der Waals surface area contributed by atoms with Crippen molar-refractivity contribution in [1.29, 1.82) is 0 Å². The molecule has 20 heavy (non-hydrogen) atoms. The summed E-state index contributed by atoms with van der Waals surface area (Å²) < 4.78 is 0. The molecule has 0 atom stereocenters. The van der Waals surface area contributed by atoms with Crippen LogP contribution in [0.2, 0.25) is 10.0 Å². The van der Waals surface area contributed by atoms with Crippen LogP contribution in [0, 0.1) is 5.92 Å². The van der Waals surface area contributed by atoms with Crippen molar-refractivity contribution in [3.63, 3.8) is 0 Å². The van der Waals surface area contributed by atoms with Crippen molar-refractivity contribution in [3.8, 4) is 0 Å². The largest absolute Gasteiger partial charge is 0.360 e. The van der Waals surface area contributed by atoms with Crippen LogP contribution in [0.3, 0.4) is 0 Å². The lowest BCUT2D eigenvalue weighted by molar-refractivity contribution is 0.306. The molecule has 2 N–H and O–H groups in total. The van der Waals surface area contributed by atoms with Crippen LogP contribution in [-0.4, -0.2) is 11.2 Å². The Bertz CT molecular complexity index is 471. The summed E-state index contributed by atoms with van der Waals surface area (Å²) in [5.41, 5.74) is 0.860. The smallest absolute Gasteiger partial charge is 0.170 e. The predicted molar refractivity (Wildman–Crippen MR) is 91.9 cm³/mol. The minimum Gasteiger partial charge on any atom is -0.360 e. The minimum atomic E-state index is 0.487. The zero-order valence-electron chi connectivity index (χ0n) is 11.6. The number of thiocarbonyl (C=S) groups is 1. The van der Waals surface area contributed by atoms with Gasteiger partial charge in [-0.05, 0) is 62.0 Å². The number of halogens is 2. The monoisotopic (exact) mass is 330 g/mol. The van der Waals surface area contributed by atoms with Gasteiger partial charge in [0, 0.05) is 11.7 Å². The third-order valence-electron chi connectivity index (χ3n) is 3.94. The predicted octanol–water partition coefficient (Wildman–Crippen LogP) is 5.25. The van der Waals surface area contributed by atoms with Gasteiger partial charge in [0.05, 0.1) is 10.0 Å². The lowest BCUT2D eigenvalue weighted by atomic mass is 9.85. The van der Waals surface area contributed by atoms with Gasteiger partial charge in [-0.25, -0.2) is 0 Å². The molecule has 0 aromatic heterocycles. The maximum absolute atomic E-state index is 5.99. The van der Waals surface area contributed by atoms with Gasteiger partial charge in [0.25, 0.3) is 0 Å². The average Bonchev–Trinajstić information content (AvgIpc) is 2.44. The van der Waals surface area contributed by atoms with Gasteiger partial charge in [0.1, 0.15) is 0 Å². The summed E-state index contributed by atoms with van der Waals surface area (Å²) in [5.74, 6) is 0.893. The van der Waals surface area contributed by atoms with Crippen LogP contribution in [-0.2, 0) is 0 Å². The molecule has 0 spiro atoms. The van der Waals surface area contributed by atoms with Crippen molar-refractivity contribution < 1.29 is 0 Å². The molecule has 0 saturated heterocycles. The van der Waals surface area contributed by atoms with E-state index in [1.54, 1.807) is 12.1 Å². The molecule has 110 valence electrons. The van der Waals surface area contributed by atoms with Crippen LogP contribution < -0.4 is 10.6 Å². The van der Waals surface area contributed by atoms with Crippen molar-refractivity contribution >= 4 is 46.2 Å². The normalized spacial score (nSPS) is 22.4. The highest BCUT2D eigenvalue weighted by atomic mass is 35.5. The van der Waals surface area contributed by atoms with Crippen LogP contribution in [0.5, 0.6) is 0 Å². The van der Waals surface area contributed by atoms with E-state index >= 15 is 0 Å². The number of nitrogens with one attached hydrogen (secondary N) is 2. The lowest BCUT2D eigenvalue weighted by Crippen LogP contribution is -2.39. The molecular formula is C15H20Cl2N2S. The molecule has 1 aromatic rings. The van der Waals surface area contributed by atoms with Crippen molar-refractivity contribution in [3.05, 3.63) is 28.2 Å². The average molecular weight is 331 g/mol. The standard InChI is InChI=1S/C15H20Cl2N2S/c1-2-10-3-5-11(6-4-10)18-15(20)19-12-7-8-13(16)14(17)9-12/h7-11H,2-6H2,1H3,(H2,18,19,20). The highest BCUT2D eigenvalue weighted by molar-refractivity contribution is 7.80. The maximum Gasteiger partial charge on any atom is 0.170 e. The van der Waals surface area contributed by atoms with E-state index in [0.29, 0.717) is 21.2 Å². The van der Waals surface area contributed by atoms with Crippen molar-refractivity contribution in [1.82, 2.24) is 5.32 Å². The molecular weight excluding hydrogens is 311 g/mol. The van der Waals surface area contributed by atoms with Gasteiger partial charge in [0.15, 0.2) is 5.11 Å². The topological polar surface area (TPSA) is 24.1 Å². The second-order valence-corrected chi connectivity index (χ2v) is 6.58. The molecule has 1 aromatic carbocycles. The Morgan fingerprint density at radius 1 is 1.20 bits per heavy atom. The van der Waals surface area contributed by atoms with Crippen LogP contribution in [0.1, 0.15) is 39.0 Å². The maximum atomic E-state index is 5.99. The number of benzene rings is 1. The van der Waals surface area contributed by atoms with Crippen LogP contribution in [0.4, 0.5) is 5.69 Å². The number of anilines is 1. The third-order valence-corrected chi connectivity index (χ3v) is 4.90. The highest BCUT2D eigenvalue weighted by Crippen LogP contribution is 2.27. The van der Waals surface area contributed by atoms with Gasteiger partial charge in [-0.2, -0.15) is 0 Å². The van der Waals surface area contributed by atoms with Crippen LogP contribution >= 0.6 is 35.4 Å². The van der Waals surface area contributed by atoms with Crippen molar-refractivity contribution in [2.24, 2.45) is 5.92 Å². The summed E-state index contributed by atoms with van der Waals surface area (Å²) in [6.45, 7) is 2.27. The Morgan fingerprint density at radius 2 is 1.90 bits per heavy atom. The Kier molecular flexibility index (Phi) is 5.94. The van der Waals surface area contributed by atoms with Gasteiger partial charge >= 0.3 is 0 Å². The molecule has 1 saturated carbocycles. The first-order valence-electron chi connectivity index (χ1n) is 7.11. The fourth-order valence-electron chi connectivity index (χ4n) is 2.64. The molecule has 1 fully saturated rings. The summed E-state index contributed by atoms with van der Waals surface area (Å²) >= 11 is 17.2. The van der Waals surface area contributed by atoms with Gasteiger partial charge in [-0.1, -0.05) is 36.5 Å². The zero-order chi connectivity index (χ0) is 14.5. The van der Waals surface area contributed by atoms with Gasteiger partial charge in [0.2, 0.25) is 0 Å². The molecule has 2 nitrogen and oxygen atoms in total. The van der Waals surface area contributed by atoms with E-state index in [9.17, 15) is 0 Å². The Balaban J connectivity index is 1.82. The first kappa shape index (κ1) is 15.9. The van der Waals surface area contributed by atoms with E-state index in [1.165, 1.54) is 32.1 Å². The lowest BCUT2D eigenvalue weighted by Gasteiger charge is -2.29. The Hall–Kier alpha value is -0.510. The number of hydrogen-bond acceptors (Lipinski definition) is 1. The zero-order valence-corrected chi connectivity index (χ0v) is 13.9. The van der Waals surface area contributed by atoms with Gasteiger partial charge in [-0.15, -0.1) is 0 Å². The summed E-state index contributed by atoms with van der Waals surface area (Å²) in [6.07, 6.45) is 6.27. The highest BCUT2D eigenvalue weighted by Gasteiger charge is 2.20. The van der Waals surface area contributed by atoms with E-state index < -0.39 is 0 Å². The van der Waals surface area contributed by atoms with E-state index in [-0.39, 0.29) is 0 Å². The first-order valence-corrected chi connectivity index (χ1v) is 8.27. The summed E-state index contributed by atoms with van der Waals surface area (Å²) in [6, 6.07) is 5.91. The summed E-state index contributed by atoms with van der Waals surface area (Å²) in [4.78, 5) is 0. The second kappa shape index (κ2) is 7.48. The molecule has 1 aliphatic rings.